The van der Waals surface area contributed by atoms with E-state index < -0.39 is 41.7 Å². The number of carbonyl (C=O) groups excluding carboxylic acids is 2. The Morgan fingerprint density at radius 2 is 1.70 bits per heavy atom. The van der Waals surface area contributed by atoms with E-state index in [0.717, 1.165) is 37.4 Å². The first-order valence-corrected chi connectivity index (χ1v) is 15.4. The van der Waals surface area contributed by atoms with Crippen LogP contribution in [0.4, 0.5) is 17.6 Å². The third-order valence-corrected chi connectivity index (χ3v) is 9.78. The highest BCUT2D eigenvalue weighted by atomic mass is 19.4. The predicted molar refractivity (Wildman–Crippen MR) is 157 cm³/mol. The molecule has 0 saturated carbocycles. The van der Waals surface area contributed by atoms with Gasteiger partial charge in [0.05, 0.1) is 12.5 Å². The highest BCUT2D eigenvalue weighted by molar-refractivity contribution is 5.99. The van der Waals surface area contributed by atoms with Gasteiger partial charge >= 0.3 is 6.18 Å². The molecular weight excluding hydrogens is 578 g/mol. The summed E-state index contributed by atoms with van der Waals surface area (Å²) in [7, 11) is 1.65. The van der Waals surface area contributed by atoms with Crippen LogP contribution in [0, 0.1) is 24.6 Å². The van der Waals surface area contributed by atoms with Crippen molar-refractivity contribution >= 4 is 11.7 Å². The van der Waals surface area contributed by atoms with E-state index in [1.165, 1.54) is 24.3 Å². The van der Waals surface area contributed by atoms with Gasteiger partial charge in [-0.25, -0.2) is 4.39 Å². The second-order valence-corrected chi connectivity index (χ2v) is 12.4. The van der Waals surface area contributed by atoms with Gasteiger partial charge in [0.15, 0.2) is 5.78 Å². The number of hydrogen-bond acceptors (Lipinski definition) is 6. The zero-order valence-corrected chi connectivity index (χ0v) is 25.2. The van der Waals surface area contributed by atoms with Gasteiger partial charge in [-0.05, 0) is 75.0 Å². The van der Waals surface area contributed by atoms with Gasteiger partial charge in [0.1, 0.15) is 17.6 Å². The van der Waals surface area contributed by atoms with Crippen LogP contribution in [0.15, 0.2) is 42.5 Å². The summed E-state index contributed by atoms with van der Waals surface area (Å²) >= 11 is 0. The van der Waals surface area contributed by atoms with Crippen LogP contribution in [-0.2, 0) is 9.53 Å². The first-order valence-electron chi connectivity index (χ1n) is 15.4. The van der Waals surface area contributed by atoms with E-state index in [4.69, 9.17) is 4.74 Å². The Morgan fingerprint density at radius 3 is 2.39 bits per heavy atom. The lowest BCUT2D eigenvalue weighted by atomic mass is 9.68. The fourth-order valence-corrected chi connectivity index (χ4v) is 7.47. The van der Waals surface area contributed by atoms with Crippen LogP contribution in [0.1, 0.15) is 53.1 Å². The van der Waals surface area contributed by atoms with E-state index in [0.29, 0.717) is 12.2 Å². The third-order valence-electron chi connectivity index (χ3n) is 9.78. The molecule has 11 heteroatoms. The number of alkyl halides is 3. The normalized spacial score (nSPS) is 25.8. The van der Waals surface area contributed by atoms with Crippen molar-refractivity contribution in [2.24, 2.45) is 11.8 Å². The maximum absolute atomic E-state index is 15.0. The van der Waals surface area contributed by atoms with Crippen molar-refractivity contribution in [2.45, 2.75) is 56.8 Å². The van der Waals surface area contributed by atoms with E-state index in [1.54, 1.807) is 32.2 Å². The summed E-state index contributed by atoms with van der Waals surface area (Å²) in [4.78, 5) is 33.9. The largest absolute Gasteiger partial charge is 0.508 e. The van der Waals surface area contributed by atoms with Gasteiger partial charge in [-0.15, -0.1) is 0 Å². The summed E-state index contributed by atoms with van der Waals surface area (Å²) in [6.07, 6.45) is -2.95. The quantitative estimate of drug-likeness (QED) is 0.331. The van der Waals surface area contributed by atoms with Gasteiger partial charge in [-0.2, -0.15) is 13.2 Å². The molecule has 5 rings (SSSR count). The van der Waals surface area contributed by atoms with E-state index in [2.05, 4.69) is 9.80 Å². The molecule has 0 bridgehead atoms. The maximum Gasteiger partial charge on any atom is 0.408 e. The standard InChI is InChI=1S/C33H41F4N3O4/c1-21-25(8-4-9-28(21)34)30-26(31(42)22-6-3-7-24(41)18-22)19-39(23-11-14-38(15-12-23)16-17-44-2)20-27(30)32(43)40-13-5-10-29(40)33(35,36)37/h3-4,6-9,18,23,26-27,29-30,41H,5,10-17,19-20H2,1-2H3/t26-,27-,29-,30+/m0/s1. The van der Waals surface area contributed by atoms with Crippen LogP contribution < -0.4 is 0 Å². The Morgan fingerprint density at radius 1 is 1.00 bits per heavy atom. The van der Waals surface area contributed by atoms with E-state index >= 15 is 0 Å². The summed E-state index contributed by atoms with van der Waals surface area (Å²) in [5, 5.41) is 10.2. The van der Waals surface area contributed by atoms with Crippen LogP contribution in [0.5, 0.6) is 5.75 Å². The lowest BCUT2D eigenvalue weighted by Crippen LogP contribution is -2.58. The molecule has 0 aliphatic carbocycles. The molecule has 7 nitrogen and oxygen atoms in total. The third kappa shape index (κ3) is 6.79. The summed E-state index contributed by atoms with van der Waals surface area (Å²) in [6, 6.07) is 8.60. The number of phenolic OH excluding ortho intramolecular Hbond substituents is 1. The number of benzene rings is 2. The van der Waals surface area contributed by atoms with E-state index in [1.807, 2.05) is 0 Å². The lowest BCUT2D eigenvalue weighted by molar-refractivity contribution is -0.185. The smallest absolute Gasteiger partial charge is 0.408 e. The van der Waals surface area contributed by atoms with Crippen molar-refractivity contribution in [2.75, 3.05) is 53.0 Å². The number of carbonyl (C=O) groups is 2. The molecule has 240 valence electrons. The molecule has 0 radical (unpaired) electrons. The summed E-state index contributed by atoms with van der Waals surface area (Å²) in [5.74, 6) is -4.26. The first-order chi connectivity index (χ1) is 21.0. The molecule has 1 amide bonds. The number of phenols is 1. The van der Waals surface area contributed by atoms with Crippen LogP contribution in [0.2, 0.25) is 0 Å². The van der Waals surface area contributed by atoms with Crippen LogP contribution in [-0.4, -0.2) is 103 Å². The topological polar surface area (TPSA) is 73.3 Å². The number of hydrogen-bond donors (Lipinski definition) is 1. The van der Waals surface area contributed by atoms with E-state index in [9.17, 15) is 32.3 Å². The van der Waals surface area contributed by atoms with Crippen molar-refractivity contribution < 1.29 is 37.0 Å². The molecule has 3 aliphatic heterocycles. The van der Waals surface area contributed by atoms with Gasteiger partial charge in [0.2, 0.25) is 5.91 Å². The number of Topliss-reactive ketones (excluding diaryl/α,β-unsaturated/α-hetero) is 1. The van der Waals surface area contributed by atoms with Gasteiger partial charge in [0.25, 0.3) is 0 Å². The molecule has 44 heavy (non-hydrogen) atoms. The van der Waals surface area contributed by atoms with Crippen molar-refractivity contribution in [1.29, 1.82) is 0 Å². The van der Waals surface area contributed by atoms with Gasteiger partial charge in [-0.3, -0.25) is 14.5 Å². The Hall–Kier alpha value is -3.02. The van der Waals surface area contributed by atoms with Crippen molar-refractivity contribution in [3.8, 4) is 5.75 Å². The molecule has 0 aromatic heterocycles. The number of halogens is 4. The number of piperidine rings is 2. The van der Waals surface area contributed by atoms with E-state index in [-0.39, 0.29) is 61.2 Å². The van der Waals surface area contributed by atoms with Gasteiger partial charge in [-0.1, -0.05) is 24.3 Å². The molecule has 1 N–H and O–H groups in total. The number of ketones is 1. The minimum absolute atomic E-state index is 0.0164. The molecule has 3 saturated heterocycles. The Labute approximate surface area is 255 Å². The highest BCUT2D eigenvalue weighted by Gasteiger charge is 2.53. The second-order valence-electron chi connectivity index (χ2n) is 12.4. The van der Waals surface area contributed by atoms with Gasteiger partial charge < -0.3 is 19.6 Å². The van der Waals surface area contributed by atoms with Gasteiger partial charge in [0, 0.05) is 56.7 Å². The Bertz CT molecular complexity index is 1330. The number of ether oxygens (including phenoxy) is 1. The molecule has 2 aromatic rings. The van der Waals surface area contributed by atoms with Crippen molar-refractivity contribution in [3.05, 3.63) is 65.0 Å². The zero-order valence-electron chi connectivity index (χ0n) is 25.2. The molecule has 2 aromatic carbocycles. The fourth-order valence-electron chi connectivity index (χ4n) is 7.47. The number of nitrogens with zero attached hydrogens (tertiary/aromatic N) is 3. The fraction of sp³-hybridized carbons (Fsp3) is 0.576. The first kappa shape index (κ1) is 32.4. The molecule has 0 spiro atoms. The van der Waals surface area contributed by atoms with Crippen LogP contribution in [0.3, 0.4) is 0 Å². The Balaban J connectivity index is 1.56. The molecule has 4 atom stereocenters. The lowest BCUT2D eigenvalue weighted by Gasteiger charge is -2.48. The number of amides is 1. The monoisotopic (exact) mass is 619 g/mol. The van der Waals surface area contributed by atoms with Crippen molar-refractivity contribution in [3.63, 3.8) is 0 Å². The number of likely N-dealkylation sites (tertiary alicyclic amines) is 3. The number of methoxy groups -OCH3 is 1. The maximum atomic E-state index is 15.0. The van der Waals surface area contributed by atoms with Crippen molar-refractivity contribution in [1.82, 2.24) is 14.7 Å². The molecular formula is C33H41F4N3O4. The van der Waals surface area contributed by atoms with Crippen LogP contribution >= 0.6 is 0 Å². The number of aromatic hydroxyl groups is 1. The molecule has 0 unspecified atom stereocenters. The summed E-state index contributed by atoms with van der Waals surface area (Å²) in [6.45, 7) is 4.99. The highest BCUT2D eigenvalue weighted by Crippen LogP contribution is 2.45. The number of rotatable bonds is 8. The average Bonchev–Trinajstić information content (AvgIpc) is 3.52. The summed E-state index contributed by atoms with van der Waals surface area (Å²) in [5.41, 5.74) is 0.974. The SMILES string of the molecule is COCCN1CCC(N2C[C@H](C(=O)c3cccc(O)c3)[C@@H](c3cccc(F)c3C)[C@@H](C(=O)N3CCC[C@H]3C(F)(F)F)C2)CC1. The zero-order chi connectivity index (χ0) is 31.6. The molecule has 3 aliphatic rings. The second kappa shape index (κ2) is 13.5. The molecule has 3 heterocycles. The minimum atomic E-state index is -4.57. The van der Waals surface area contributed by atoms with Crippen LogP contribution in [0.25, 0.3) is 0 Å². The predicted octanol–water partition coefficient (Wildman–Crippen LogP) is 5.02. The summed E-state index contributed by atoms with van der Waals surface area (Å²) < 4.78 is 62.5. The molecule has 3 fully saturated rings. The average molecular weight is 620 g/mol. The Kier molecular flexibility index (Phi) is 9.96. The minimum Gasteiger partial charge on any atom is -0.508 e.